The van der Waals surface area contributed by atoms with Gasteiger partial charge in [-0.25, -0.2) is 0 Å². The molecule has 0 unspecified atom stereocenters. The van der Waals surface area contributed by atoms with Gasteiger partial charge in [-0.3, -0.25) is 9.59 Å². The van der Waals surface area contributed by atoms with E-state index in [1.54, 1.807) is 29.5 Å². The van der Waals surface area contributed by atoms with E-state index in [2.05, 4.69) is 23.6 Å². The summed E-state index contributed by atoms with van der Waals surface area (Å²) in [5.74, 6) is -0.124. The van der Waals surface area contributed by atoms with Gasteiger partial charge in [-0.15, -0.1) is 11.3 Å². The Kier molecular flexibility index (Phi) is 3.75. The lowest BCUT2D eigenvalue weighted by atomic mass is 10.1. The molecule has 0 atom stereocenters. The fourth-order valence-electron chi connectivity index (χ4n) is 2.47. The zero-order valence-electron chi connectivity index (χ0n) is 11.7. The lowest BCUT2D eigenvalue weighted by Crippen LogP contribution is -2.22. The first-order valence-electron chi connectivity index (χ1n) is 6.93. The van der Waals surface area contributed by atoms with Crippen molar-refractivity contribution in [3.8, 4) is 0 Å². The molecule has 4 nitrogen and oxygen atoms in total. The van der Waals surface area contributed by atoms with Gasteiger partial charge < -0.3 is 10.6 Å². The molecule has 0 fully saturated rings. The summed E-state index contributed by atoms with van der Waals surface area (Å²) in [5, 5.41) is 7.76. The second-order valence-corrected chi connectivity index (χ2v) is 6.00. The highest BCUT2D eigenvalue weighted by Crippen LogP contribution is 2.24. The molecule has 0 saturated carbocycles. The minimum atomic E-state index is -0.104. The maximum absolute atomic E-state index is 12.2. The highest BCUT2D eigenvalue weighted by molar-refractivity contribution is 7.10. The van der Waals surface area contributed by atoms with Crippen LogP contribution in [0.3, 0.4) is 0 Å². The molecule has 1 aromatic heterocycles. The van der Waals surface area contributed by atoms with Crippen LogP contribution in [0.1, 0.15) is 33.3 Å². The minimum absolute atomic E-state index is 0.0197. The molecule has 0 spiro atoms. The van der Waals surface area contributed by atoms with Crippen LogP contribution in [0, 0.1) is 0 Å². The quantitative estimate of drug-likeness (QED) is 0.912. The molecule has 1 aliphatic heterocycles. The van der Waals surface area contributed by atoms with Gasteiger partial charge in [0.1, 0.15) is 0 Å². The Morgan fingerprint density at radius 3 is 3.05 bits per heavy atom. The summed E-state index contributed by atoms with van der Waals surface area (Å²) in [6.45, 7) is 2.66. The number of thiophene rings is 1. The summed E-state index contributed by atoms with van der Waals surface area (Å²) >= 11 is 1.66. The van der Waals surface area contributed by atoms with Gasteiger partial charge in [0.2, 0.25) is 5.91 Å². The predicted octanol–water partition coefficient (Wildman–Crippen LogP) is 2.74. The SMILES string of the molecule is CCc1ccsc1CNC(=O)c1ccc2c(c1)CC(=O)N2. The Bertz CT molecular complexity index is 706. The molecule has 0 saturated heterocycles. The van der Waals surface area contributed by atoms with Gasteiger partial charge in [-0.05, 0) is 47.2 Å². The lowest BCUT2D eigenvalue weighted by molar-refractivity contribution is -0.115. The number of anilines is 1. The number of rotatable bonds is 4. The summed E-state index contributed by atoms with van der Waals surface area (Å²) in [7, 11) is 0. The Hall–Kier alpha value is -2.14. The molecule has 2 aromatic rings. The van der Waals surface area contributed by atoms with Crippen LogP contribution in [0.5, 0.6) is 0 Å². The fourth-order valence-corrected chi connectivity index (χ4v) is 3.39. The normalized spacial score (nSPS) is 12.9. The van der Waals surface area contributed by atoms with Crippen molar-refractivity contribution >= 4 is 28.8 Å². The van der Waals surface area contributed by atoms with Gasteiger partial charge in [0.15, 0.2) is 0 Å². The average molecular weight is 300 g/mol. The molecule has 1 aliphatic rings. The lowest BCUT2D eigenvalue weighted by Gasteiger charge is -2.07. The first kappa shape index (κ1) is 13.8. The van der Waals surface area contributed by atoms with Crippen molar-refractivity contribution in [2.45, 2.75) is 26.3 Å². The number of aryl methyl sites for hydroxylation is 1. The van der Waals surface area contributed by atoms with Crippen LogP contribution in [0.2, 0.25) is 0 Å². The number of hydrogen-bond donors (Lipinski definition) is 2. The third kappa shape index (κ3) is 2.83. The zero-order chi connectivity index (χ0) is 14.8. The number of carbonyl (C=O) groups is 2. The summed E-state index contributed by atoms with van der Waals surface area (Å²) in [6, 6.07) is 7.42. The van der Waals surface area contributed by atoms with E-state index in [9.17, 15) is 9.59 Å². The predicted molar refractivity (Wildman–Crippen MR) is 83.6 cm³/mol. The molecule has 1 aromatic carbocycles. The second-order valence-electron chi connectivity index (χ2n) is 5.00. The Labute approximate surface area is 127 Å². The topological polar surface area (TPSA) is 58.2 Å². The van der Waals surface area contributed by atoms with E-state index < -0.39 is 0 Å². The van der Waals surface area contributed by atoms with Crippen molar-refractivity contribution in [3.05, 3.63) is 51.2 Å². The molecule has 2 N–H and O–H groups in total. The number of hydrogen-bond acceptors (Lipinski definition) is 3. The van der Waals surface area contributed by atoms with Crippen LogP contribution >= 0.6 is 11.3 Å². The van der Waals surface area contributed by atoms with E-state index in [0.717, 1.165) is 17.7 Å². The van der Waals surface area contributed by atoms with Crippen molar-refractivity contribution in [1.29, 1.82) is 0 Å². The smallest absolute Gasteiger partial charge is 0.251 e. The van der Waals surface area contributed by atoms with E-state index in [1.165, 1.54) is 10.4 Å². The first-order chi connectivity index (χ1) is 10.2. The minimum Gasteiger partial charge on any atom is -0.347 e. The molecule has 2 amide bonds. The van der Waals surface area contributed by atoms with Gasteiger partial charge in [0, 0.05) is 16.1 Å². The van der Waals surface area contributed by atoms with Gasteiger partial charge in [-0.1, -0.05) is 6.92 Å². The van der Waals surface area contributed by atoms with E-state index >= 15 is 0 Å². The molecular weight excluding hydrogens is 284 g/mol. The number of benzene rings is 1. The van der Waals surface area contributed by atoms with Crippen molar-refractivity contribution in [2.75, 3.05) is 5.32 Å². The standard InChI is InChI=1S/C16H16N2O2S/c1-2-10-5-6-21-14(10)9-17-16(20)11-3-4-13-12(7-11)8-15(19)18-13/h3-7H,2,8-9H2,1H3,(H,17,20)(H,18,19). The molecular formula is C16H16N2O2S. The Morgan fingerprint density at radius 2 is 2.24 bits per heavy atom. The van der Waals surface area contributed by atoms with E-state index in [-0.39, 0.29) is 11.8 Å². The highest BCUT2D eigenvalue weighted by Gasteiger charge is 2.19. The summed E-state index contributed by atoms with van der Waals surface area (Å²) < 4.78 is 0. The van der Waals surface area contributed by atoms with Gasteiger partial charge >= 0.3 is 0 Å². The second kappa shape index (κ2) is 5.69. The summed E-state index contributed by atoms with van der Waals surface area (Å²) in [6.07, 6.45) is 1.32. The van der Waals surface area contributed by atoms with Gasteiger partial charge in [-0.2, -0.15) is 0 Å². The van der Waals surface area contributed by atoms with Crippen LogP contribution in [-0.4, -0.2) is 11.8 Å². The monoisotopic (exact) mass is 300 g/mol. The van der Waals surface area contributed by atoms with Crippen LogP contribution in [-0.2, 0) is 24.2 Å². The largest absolute Gasteiger partial charge is 0.347 e. The van der Waals surface area contributed by atoms with E-state index in [0.29, 0.717) is 18.5 Å². The number of nitrogens with one attached hydrogen (secondary N) is 2. The molecule has 0 radical (unpaired) electrons. The molecule has 21 heavy (non-hydrogen) atoms. The number of carbonyl (C=O) groups excluding carboxylic acids is 2. The van der Waals surface area contributed by atoms with Gasteiger partial charge in [0.25, 0.3) is 5.91 Å². The number of amides is 2. The highest BCUT2D eigenvalue weighted by atomic mass is 32.1. The fraction of sp³-hybridized carbons (Fsp3) is 0.250. The summed E-state index contributed by atoms with van der Waals surface area (Å²) in [5.41, 5.74) is 3.57. The van der Waals surface area contributed by atoms with Crippen molar-refractivity contribution in [3.63, 3.8) is 0 Å². The van der Waals surface area contributed by atoms with Crippen LogP contribution in [0.4, 0.5) is 5.69 Å². The zero-order valence-corrected chi connectivity index (χ0v) is 12.5. The molecule has 5 heteroatoms. The van der Waals surface area contributed by atoms with E-state index in [1.807, 2.05) is 5.38 Å². The van der Waals surface area contributed by atoms with Crippen molar-refractivity contribution in [1.82, 2.24) is 5.32 Å². The average Bonchev–Trinajstić information content (AvgIpc) is 3.08. The van der Waals surface area contributed by atoms with Crippen LogP contribution < -0.4 is 10.6 Å². The van der Waals surface area contributed by atoms with Gasteiger partial charge in [0.05, 0.1) is 13.0 Å². The maximum atomic E-state index is 12.2. The maximum Gasteiger partial charge on any atom is 0.251 e. The molecule has 108 valence electrons. The summed E-state index contributed by atoms with van der Waals surface area (Å²) in [4.78, 5) is 24.7. The molecule has 0 aliphatic carbocycles. The molecule has 0 bridgehead atoms. The van der Waals surface area contributed by atoms with Crippen LogP contribution in [0.25, 0.3) is 0 Å². The Balaban J connectivity index is 1.69. The van der Waals surface area contributed by atoms with Crippen molar-refractivity contribution < 1.29 is 9.59 Å². The van der Waals surface area contributed by atoms with Crippen LogP contribution in [0.15, 0.2) is 29.6 Å². The molecule has 3 rings (SSSR count). The first-order valence-corrected chi connectivity index (χ1v) is 7.81. The third-order valence-electron chi connectivity index (χ3n) is 3.62. The van der Waals surface area contributed by atoms with Crippen molar-refractivity contribution in [2.24, 2.45) is 0 Å². The number of fused-ring (bicyclic) bond motifs is 1. The molecule has 2 heterocycles. The third-order valence-corrected chi connectivity index (χ3v) is 4.58. The van der Waals surface area contributed by atoms with E-state index in [4.69, 9.17) is 0 Å². The Morgan fingerprint density at radius 1 is 1.38 bits per heavy atom.